The van der Waals surface area contributed by atoms with E-state index in [0.29, 0.717) is 0 Å². The first-order valence-electron chi connectivity index (χ1n) is 6.43. The lowest BCUT2D eigenvalue weighted by atomic mass is 9.98. The summed E-state index contributed by atoms with van der Waals surface area (Å²) in [5.41, 5.74) is 6.72. The molecule has 2 aromatic carbocycles. The van der Waals surface area contributed by atoms with Gasteiger partial charge in [0.25, 0.3) is 0 Å². The lowest BCUT2D eigenvalue weighted by Crippen LogP contribution is -2.38. The van der Waals surface area contributed by atoms with Gasteiger partial charge in [-0.2, -0.15) is 0 Å². The van der Waals surface area contributed by atoms with Crippen LogP contribution in [0.5, 0.6) is 0 Å². The number of nitrogens with two attached hydrogens (primary N) is 1. The fourth-order valence-corrected chi connectivity index (χ4v) is 2.34. The van der Waals surface area contributed by atoms with Gasteiger partial charge in [0.2, 0.25) is 0 Å². The predicted octanol–water partition coefficient (Wildman–Crippen LogP) is 3.27. The van der Waals surface area contributed by atoms with Crippen molar-refractivity contribution in [2.45, 2.75) is 25.8 Å². The first kappa shape index (κ1) is 14.1. The zero-order chi connectivity index (χ0) is 13.7. The number of aryl methyl sites for hydroxylation is 1. The number of halogens is 1. The van der Waals surface area contributed by atoms with Crippen molar-refractivity contribution in [2.75, 3.05) is 0 Å². The second kappa shape index (κ2) is 6.71. The van der Waals surface area contributed by atoms with E-state index < -0.39 is 0 Å². The van der Waals surface area contributed by atoms with Gasteiger partial charge in [-0.1, -0.05) is 53.6 Å². The van der Waals surface area contributed by atoms with E-state index in [1.165, 1.54) is 16.7 Å². The second-order valence-corrected chi connectivity index (χ2v) is 5.32. The van der Waals surface area contributed by atoms with E-state index in [1.54, 1.807) is 0 Å². The maximum Gasteiger partial charge on any atom is 0.0406 e. The van der Waals surface area contributed by atoms with Crippen LogP contribution in [-0.4, -0.2) is 6.04 Å². The molecule has 1 atom stereocenters. The van der Waals surface area contributed by atoms with Crippen molar-refractivity contribution < 1.29 is 0 Å². The average Bonchev–Trinajstić information content (AvgIpc) is 2.40. The molecule has 3 heteroatoms. The second-order valence-electron chi connectivity index (χ2n) is 4.89. The fraction of sp³-hybridized carbons (Fsp3) is 0.250. The van der Waals surface area contributed by atoms with E-state index in [1.807, 2.05) is 24.3 Å². The van der Waals surface area contributed by atoms with E-state index >= 15 is 0 Å². The molecule has 0 bridgehead atoms. The molecule has 0 fully saturated rings. The quantitative estimate of drug-likeness (QED) is 0.649. The molecule has 100 valence electrons. The summed E-state index contributed by atoms with van der Waals surface area (Å²) < 4.78 is 0. The van der Waals surface area contributed by atoms with Gasteiger partial charge in [0, 0.05) is 11.1 Å². The minimum Gasteiger partial charge on any atom is -0.271 e. The molecule has 2 rings (SSSR count). The summed E-state index contributed by atoms with van der Waals surface area (Å²) in [4.78, 5) is 0. The van der Waals surface area contributed by atoms with Gasteiger partial charge >= 0.3 is 0 Å². The topological polar surface area (TPSA) is 38.0 Å². The van der Waals surface area contributed by atoms with Crippen molar-refractivity contribution in [1.29, 1.82) is 0 Å². The Morgan fingerprint density at radius 2 is 1.74 bits per heavy atom. The van der Waals surface area contributed by atoms with E-state index in [2.05, 4.69) is 36.6 Å². The highest BCUT2D eigenvalue weighted by Crippen LogP contribution is 2.13. The minimum atomic E-state index is 0.225. The van der Waals surface area contributed by atoms with Crippen molar-refractivity contribution in [3.8, 4) is 0 Å². The van der Waals surface area contributed by atoms with Crippen molar-refractivity contribution in [1.82, 2.24) is 5.43 Å². The highest BCUT2D eigenvalue weighted by molar-refractivity contribution is 6.30. The van der Waals surface area contributed by atoms with Crippen LogP contribution >= 0.6 is 11.6 Å². The first-order chi connectivity index (χ1) is 9.17. The molecule has 2 nitrogen and oxygen atoms in total. The van der Waals surface area contributed by atoms with Gasteiger partial charge in [-0.25, -0.2) is 0 Å². The number of hydrazine groups is 1. The smallest absolute Gasteiger partial charge is 0.0406 e. The van der Waals surface area contributed by atoms with Crippen LogP contribution in [0, 0.1) is 6.92 Å². The van der Waals surface area contributed by atoms with E-state index in [-0.39, 0.29) is 6.04 Å². The van der Waals surface area contributed by atoms with Crippen LogP contribution in [0.4, 0.5) is 0 Å². The largest absolute Gasteiger partial charge is 0.271 e. The summed E-state index contributed by atoms with van der Waals surface area (Å²) >= 11 is 5.89. The summed E-state index contributed by atoms with van der Waals surface area (Å²) in [6.45, 7) is 2.10. The Morgan fingerprint density at radius 1 is 1.05 bits per heavy atom. The van der Waals surface area contributed by atoms with Crippen LogP contribution in [0.2, 0.25) is 5.02 Å². The molecular weight excluding hydrogens is 256 g/mol. The third-order valence-corrected chi connectivity index (χ3v) is 3.45. The Labute approximate surface area is 119 Å². The molecule has 19 heavy (non-hydrogen) atoms. The van der Waals surface area contributed by atoms with Crippen LogP contribution < -0.4 is 11.3 Å². The summed E-state index contributed by atoms with van der Waals surface area (Å²) in [6, 6.07) is 16.7. The Morgan fingerprint density at radius 3 is 2.37 bits per heavy atom. The number of benzene rings is 2. The Balaban J connectivity index is 2.02. The lowest BCUT2D eigenvalue weighted by molar-refractivity contribution is 0.522. The summed E-state index contributed by atoms with van der Waals surface area (Å²) in [6.07, 6.45) is 1.81. The van der Waals surface area contributed by atoms with Gasteiger partial charge in [-0.05, 0) is 43.0 Å². The van der Waals surface area contributed by atoms with Crippen LogP contribution in [-0.2, 0) is 12.8 Å². The monoisotopic (exact) mass is 274 g/mol. The van der Waals surface area contributed by atoms with Crippen molar-refractivity contribution >= 4 is 11.6 Å². The molecule has 0 saturated heterocycles. The van der Waals surface area contributed by atoms with Crippen molar-refractivity contribution in [3.05, 3.63) is 70.2 Å². The molecule has 0 aliphatic heterocycles. The number of hydrogen-bond donors (Lipinski definition) is 2. The van der Waals surface area contributed by atoms with E-state index in [0.717, 1.165) is 17.9 Å². The maximum absolute atomic E-state index is 5.89. The predicted molar refractivity (Wildman–Crippen MR) is 81.2 cm³/mol. The molecule has 1 unspecified atom stereocenters. The van der Waals surface area contributed by atoms with Crippen LogP contribution in [0.25, 0.3) is 0 Å². The van der Waals surface area contributed by atoms with Crippen LogP contribution in [0.1, 0.15) is 16.7 Å². The average molecular weight is 275 g/mol. The maximum atomic E-state index is 5.89. The molecule has 0 aliphatic carbocycles. The Hall–Kier alpha value is -1.35. The summed E-state index contributed by atoms with van der Waals surface area (Å²) in [5.74, 6) is 5.66. The first-order valence-corrected chi connectivity index (χ1v) is 6.81. The third kappa shape index (κ3) is 4.35. The minimum absolute atomic E-state index is 0.225. The van der Waals surface area contributed by atoms with E-state index in [4.69, 9.17) is 17.4 Å². The summed E-state index contributed by atoms with van der Waals surface area (Å²) in [7, 11) is 0. The molecule has 3 N–H and O–H groups in total. The Kier molecular flexibility index (Phi) is 4.97. The van der Waals surface area contributed by atoms with Gasteiger partial charge < -0.3 is 0 Å². The van der Waals surface area contributed by atoms with Crippen molar-refractivity contribution in [3.63, 3.8) is 0 Å². The van der Waals surface area contributed by atoms with Gasteiger partial charge in [-0.15, -0.1) is 0 Å². The molecule has 0 amide bonds. The standard InChI is InChI=1S/C16H19ClN2/c1-12-3-2-4-14(9-12)11-16(19-18)10-13-5-7-15(17)8-6-13/h2-9,16,19H,10-11,18H2,1H3. The van der Waals surface area contributed by atoms with Gasteiger partial charge in [0.05, 0.1) is 0 Å². The van der Waals surface area contributed by atoms with Gasteiger partial charge in [0.15, 0.2) is 0 Å². The zero-order valence-electron chi connectivity index (χ0n) is 11.1. The SMILES string of the molecule is Cc1cccc(CC(Cc2ccc(Cl)cc2)NN)c1. The molecule has 0 saturated carbocycles. The van der Waals surface area contributed by atoms with Gasteiger partial charge in [0.1, 0.15) is 0 Å². The van der Waals surface area contributed by atoms with Crippen molar-refractivity contribution in [2.24, 2.45) is 5.84 Å². The molecule has 0 heterocycles. The van der Waals surface area contributed by atoms with E-state index in [9.17, 15) is 0 Å². The number of hydrogen-bond acceptors (Lipinski definition) is 2. The highest BCUT2D eigenvalue weighted by Gasteiger charge is 2.09. The fourth-order valence-electron chi connectivity index (χ4n) is 2.22. The Bertz CT molecular complexity index is 523. The molecule has 0 aromatic heterocycles. The van der Waals surface area contributed by atoms with Crippen LogP contribution in [0.3, 0.4) is 0 Å². The summed E-state index contributed by atoms with van der Waals surface area (Å²) in [5, 5.41) is 0.764. The zero-order valence-corrected chi connectivity index (χ0v) is 11.8. The molecular formula is C16H19ClN2. The van der Waals surface area contributed by atoms with Crippen LogP contribution in [0.15, 0.2) is 48.5 Å². The number of rotatable bonds is 5. The highest BCUT2D eigenvalue weighted by atomic mass is 35.5. The molecule has 0 spiro atoms. The number of nitrogens with one attached hydrogen (secondary N) is 1. The lowest BCUT2D eigenvalue weighted by Gasteiger charge is -2.16. The van der Waals surface area contributed by atoms with Gasteiger partial charge in [-0.3, -0.25) is 11.3 Å². The third-order valence-electron chi connectivity index (χ3n) is 3.20. The molecule has 2 aromatic rings. The normalized spacial score (nSPS) is 12.4. The molecule has 0 aliphatic rings. The molecule has 0 radical (unpaired) electrons.